The first kappa shape index (κ1) is 13.5. The predicted molar refractivity (Wildman–Crippen MR) is 70.8 cm³/mol. The molecule has 2 rings (SSSR count). The van der Waals surface area contributed by atoms with Crippen molar-refractivity contribution in [2.24, 2.45) is 5.29 Å². The summed E-state index contributed by atoms with van der Waals surface area (Å²) in [4.78, 5) is 35.3. The minimum absolute atomic E-state index is 0.0787. The van der Waals surface area contributed by atoms with E-state index in [1.165, 1.54) is 14.1 Å². The van der Waals surface area contributed by atoms with Crippen molar-refractivity contribution in [3.8, 4) is 0 Å². The topological polar surface area (TPSA) is 70.1 Å². The number of carbonyl (C=O) groups is 2. The third-order valence-corrected chi connectivity index (χ3v) is 3.45. The van der Waals surface area contributed by atoms with E-state index >= 15 is 0 Å². The van der Waals surface area contributed by atoms with Crippen LogP contribution in [0.5, 0.6) is 0 Å². The van der Waals surface area contributed by atoms with Gasteiger partial charge in [-0.05, 0) is 23.8 Å². The van der Waals surface area contributed by atoms with Crippen LogP contribution in [0.4, 0.5) is 5.69 Å². The molecule has 0 aliphatic carbocycles. The van der Waals surface area contributed by atoms with Gasteiger partial charge < -0.3 is 0 Å². The summed E-state index contributed by atoms with van der Waals surface area (Å²) < 4.78 is 0. The van der Waals surface area contributed by atoms with E-state index in [0.29, 0.717) is 16.3 Å². The van der Waals surface area contributed by atoms with Gasteiger partial charge in [-0.25, -0.2) is 5.01 Å². The lowest BCUT2D eigenvalue weighted by Gasteiger charge is -2.18. The number of hydrogen-bond acceptors (Lipinski definition) is 4. The molecule has 7 heteroatoms. The number of nitrogens with zero attached hydrogens (tertiary/aromatic N) is 3. The molecule has 1 aliphatic heterocycles. The molecule has 1 fully saturated rings. The van der Waals surface area contributed by atoms with Gasteiger partial charge in [0.25, 0.3) is 0 Å². The fourth-order valence-corrected chi connectivity index (χ4v) is 2.32. The molecule has 1 aromatic rings. The maximum atomic E-state index is 12.0. The van der Waals surface area contributed by atoms with Crippen LogP contribution in [0.2, 0.25) is 5.02 Å². The van der Waals surface area contributed by atoms with Crippen molar-refractivity contribution < 1.29 is 9.59 Å². The summed E-state index contributed by atoms with van der Waals surface area (Å²) >= 11 is 5.93. The zero-order valence-electron chi connectivity index (χ0n) is 10.5. The van der Waals surface area contributed by atoms with Crippen LogP contribution in [0.3, 0.4) is 0 Å². The van der Waals surface area contributed by atoms with Crippen molar-refractivity contribution >= 4 is 29.1 Å². The number of rotatable bonds is 3. The van der Waals surface area contributed by atoms with Gasteiger partial charge in [0.1, 0.15) is 0 Å². The average Bonchev–Trinajstić information content (AvgIpc) is 2.65. The van der Waals surface area contributed by atoms with Gasteiger partial charge in [-0.2, -0.15) is 0 Å². The quantitative estimate of drug-likeness (QED) is 0.482. The number of imide groups is 1. The molecule has 0 radical (unpaired) electrons. The molecule has 6 nitrogen and oxygen atoms in total. The van der Waals surface area contributed by atoms with E-state index in [9.17, 15) is 14.5 Å². The third-order valence-electron chi connectivity index (χ3n) is 3.22. The maximum Gasteiger partial charge on any atom is 0.237 e. The molecule has 0 bridgehead atoms. The highest BCUT2D eigenvalue weighted by molar-refractivity contribution is 6.30. The molecule has 1 saturated heterocycles. The highest BCUT2D eigenvalue weighted by Crippen LogP contribution is 2.36. The number of carbonyl (C=O) groups excluding carboxylic acids is 2. The van der Waals surface area contributed by atoms with Crippen molar-refractivity contribution in [3.63, 3.8) is 0 Å². The lowest BCUT2D eigenvalue weighted by Crippen LogP contribution is -2.25. The van der Waals surface area contributed by atoms with Gasteiger partial charge in [-0.15, -0.1) is 4.91 Å². The minimum atomic E-state index is -0.615. The first-order chi connectivity index (χ1) is 8.95. The number of hydrogen-bond donors (Lipinski definition) is 0. The highest BCUT2D eigenvalue weighted by atomic mass is 35.5. The van der Waals surface area contributed by atoms with Gasteiger partial charge in [0, 0.05) is 25.5 Å². The van der Waals surface area contributed by atoms with Crippen molar-refractivity contribution in [2.75, 3.05) is 19.1 Å². The largest absolute Gasteiger partial charge is 0.285 e. The summed E-state index contributed by atoms with van der Waals surface area (Å²) in [5.41, 5.74) is 1.01. The van der Waals surface area contributed by atoms with Gasteiger partial charge >= 0.3 is 0 Å². The standard InChI is InChI=1S/C12H12ClN3O3/c1-15-11(17)6-9(12(15)18)8-5-7(13)3-4-10(8)16(2)14-19/h3-5,9H,6H2,1-2H3/t9-/m0/s1. The number of benzene rings is 1. The van der Waals surface area contributed by atoms with Gasteiger partial charge in [-0.1, -0.05) is 11.6 Å². The summed E-state index contributed by atoms with van der Waals surface area (Å²) in [6.07, 6.45) is 0.0787. The van der Waals surface area contributed by atoms with Crippen molar-refractivity contribution in [2.45, 2.75) is 12.3 Å². The molecular weight excluding hydrogens is 270 g/mol. The first-order valence-electron chi connectivity index (χ1n) is 5.62. The number of likely N-dealkylation sites (N-methyl/N-ethyl adjacent to an activating group) is 1. The number of nitroso groups, excluding NO2 is 1. The molecule has 0 N–H and O–H groups in total. The van der Waals surface area contributed by atoms with E-state index in [-0.39, 0.29) is 18.2 Å². The molecular formula is C12H12ClN3O3. The maximum absolute atomic E-state index is 12.0. The summed E-state index contributed by atoms with van der Waals surface area (Å²) in [6, 6.07) is 4.80. The first-order valence-corrected chi connectivity index (χ1v) is 6.00. The van der Waals surface area contributed by atoms with Crippen LogP contribution in [-0.4, -0.2) is 30.8 Å². The Morgan fingerprint density at radius 3 is 2.63 bits per heavy atom. The van der Waals surface area contributed by atoms with Crippen LogP contribution in [0.25, 0.3) is 0 Å². The van der Waals surface area contributed by atoms with Gasteiger partial charge in [-0.3, -0.25) is 14.5 Å². The Morgan fingerprint density at radius 2 is 2.11 bits per heavy atom. The van der Waals surface area contributed by atoms with E-state index in [4.69, 9.17) is 11.6 Å². The van der Waals surface area contributed by atoms with Crippen LogP contribution in [0.1, 0.15) is 17.9 Å². The molecule has 0 spiro atoms. The van der Waals surface area contributed by atoms with Crippen LogP contribution >= 0.6 is 11.6 Å². The lowest BCUT2D eigenvalue weighted by molar-refractivity contribution is -0.137. The van der Waals surface area contributed by atoms with Gasteiger partial charge in [0.15, 0.2) is 0 Å². The zero-order chi connectivity index (χ0) is 14.2. The Labute approximate surface area is 114 Å². The number of amides is 2. The van der Waals surface area contributed by atoms with Crippen molar-refractivity contribution in [1.29, 1.82) is 0 Å². The van der Waals surface area contributed by atoms with Crippen LogP contribution in [0, 0.1) is 4.91 Å². The molecule has 0 saturated carbocycles. The smallest absolute Gasteiger partial charge is 0.237 e. The molecule has 1 heterocycles. The number of halogens is 1. The minimum Gasteiger partial charge on any atom is -0.285 e. The SMILES string of the molecule is CN1C(=O)C[C@@H](c2cc(Cl)ccc2N(C)N=O)C1=O. The van der Waals surface area contributed by atoms with Gasteiger partial charge in [0.05, 0.1) is 16.9 Å². The Bertz CT molecular complexity index is 561. The summed E-state index contributed by atoms with van der Waals surface area (Å²) in [7, 11) is 2.92. The Morgan fingerprint density at radius 1 is 1.42 bits per heavy atom. The predicted octanol–water partition coefficient (Wildman–Crippen LogP) is 1.93. The fraction of sp³-hybridized carbons (Fsp3) is 0.333. The van der Waals surface area contributed by atoms with Crippen LogP contribution in [0.15, 0.2) is 23.5 Å². The average molecular weight is 282 g/mol. The van der Waals surface area contributed by atoms with Gasteiger partial charge in [0.2, 0.25) is 11.8 Å². The summed E-state index contributed by atoms with van der Waals surface area (Å²) in [5.74, 6) is -1.16. The zero-order valence-corrected chi connectivity index (χ0v) is 11.2. The Hall–Kier alpha value is -1.95. The molecule has 1 atom stereocenters. The second-order valence-electron chi connectivity index (χ2n) is 4.36. The van der Waals surface area contributed by atoms with E-state index in [2.05, 4.69) is 5.29 Å². The molecule has 0 aromatic heterocycles. The third kappa shape index (κ3) is 2.31. The Balaban J connectivity index is 2.49. The monoisotopic (exact) mass is 281 g/mol. The lowest BCUT2D eigenvalue weighted by atomic mass is 9.95. The summed E-state index contributed by atoms with van der Waals surface area (Å²) in [6.45, 7) is 0. The normalized spacial score (nSPS) is 18.9. The molecule has 100 valence electrons. The molecule has 1 aromatic carbocycles. The van der Waals surface area contributed by atoms with E-state index in [0.717, 1.165) is 9.91 Å². The fourth-order valence-electron chi connectivity index (χ4n) is 2.14. The van der Waals surface area contributed by atoms with Crippen molar-refractivity contribution in [1.82, 2.24) is 4.90 Å². The molecule has 2 amide bonds. The molecule has 0 unspecified atom stereocenters. The second kappa shape index (κ2) is 4.97. The van der Waals surface area contributed by atoms with E-state index in [1.54, 1.807) is 18.2 Å². The van der Waals surface area contributed by atoms with E-state index < -0.39 is 5.92 Å². The van der Waals surface area contributed by atoms with Crippen molar-refractivity contribution in [3.05, 3.63) is 33.7 Å². The number of anilines is 1. The van der Waals surface area contributed by atoms with Crippen LogP contribution in [-0.2, 0) is 9.59 Å². The summed E-state index contributed by atoms with van der Waals surface area (Å²) in [5, 5.41) is 4.36. The molecule has 19 heavy (non-hydrogen) atoms. The molecule has 1 aliphatic rings. The second-order valence-corrected chi connectivity index (χ2v) is 4.79. The van der Waals surface area contributed by atoms with Crippen LogP contribution < -0.4 is 5.01 Å². The number of likely N-dealkylation sites (tertiary alicyclic amines) is 1. The Kier molecular flexibility index (Phi) is 3.53. The van der Waals surface area contributed by atoms with E-state index in [1.807, 2.05) is 0 Å². The highest BCUT2D eigenvalue weighted by Gasteiger charge is 2.38.